The summed E-state index contributed by atoms with van der Waals surface area (Å²) in [6.45, 7) is 2.47. The molecule has 0 aliphatic carbocycles. The largest absolute Gasteiger partial charge is 0.322 e. The summed E-state index contributed by atoms with van der Waals surface area (Å²) < 4.78 is 41.9. The van der Waals surface area contributed by atoms with Crippen LogP contribution in [0.4, 0.5) is 15.8 Å². The third-order valence-electron chi connectivity index (χ3n) is 6.04. The lowest BCUT2D eigenvalue weighted by molar-refractivity contribution is 0.102. The molecule has 1 N–H and O–H groups in total. The van der Waals surface area contributed by atoms with Crippen molar-refractivity contribution in [1.82, 2.24) is 14.3 Å². The van der Waals surface area contributed by atoms with Crippen LogP contribution in [0.3, 0.4) is 0 Å². The standard InChI is InChI=1S/C25H22FN5O3S/c1-16-3-5-18(13-21(16)24-8-4-17-15-27-10-9-23(17)29-24)28-25(32)20-7-6-19(14-22(20)26)31-12-11-30(2)35(31,33)34/h3-10,13-15H,11-12H2,1-2H3,(H,28,32). The number of aryl methyl sites for hydroxylation is 1. The van der Waals surface area contributed by atoms with Gasteiger partial charge in [0.25, 0.3) is 5.91 Å². The number of likely N-dealkylation sites (N-methyl/N-ethyl adjacent to an activating group) is 1. The third-order valence-corrected chi connectivity index (χ3v) is 7.96. The molecular weight excluding hydrogens is 469 g/mol. The molecule has 8 nitrogen and oxygen atoms in total. The maximum Gasteiger partial charge on any atom is 0.303 e. The van der Waals surface area contributed by atoms with E-state index in [4.69, 9.17) is 4.98 Å². The molecule has 1 amide bonds. The summed E-state index contributed by atoms with van der Waals surface area (Å²) >= 11 is 0. The molecule has 1 fully saturated rings. The molecule has 0 radical (unpaired) electrons. The quantitative estimate of drug-likeness (QED) is 0.466. The smallest absolute Gasteiger partial charge is 0.303 e. The van der Waals surface area contributed by atoms with Crippen LogP contribution in [0.2, 0.25) is 0 Å². The molecule has 1 saturated heterocycles. The van der Waals surface area contributed by atoms with E-state index in [1.807, 2.05) is 31.2 Å². The van der Waals surface area contributed by atoms with E-state index in [9.17, 15) is 17.6 Å². The predicted molar refractivity (Wildman–Crippen MR) is 133 cm³/mol. The molecule has 0 spiro atoms. The lowest BCUT2D eigenvalue weighted by Gasteiger charge is -2.18. The molecule has 4 aromatic rings. The zero-order valence-electron chi connectivity index (χ0n) is 19.1. The summed E-state index contributed by atoms with van der Waals surface area (Å²) in [7, 11) is -2.21. The average Bonchev–Trinajstić information content (AvgIpc) is 3.11. The van der Waals surface area contributed by atoms with Gasteiger partial charge in [0.2, 0.25) is 0 Å². The normalized spacial score (nSPS) is 15.5. The number of amides is 1. The molecule has 3 heterocycles. The fourth-order valence-corrected chi connectivity index (χ4v) is 5.37. The number of benzene rings is 2. The summed E-state index contributed by atoms with van der Waals surface area (Å²) in [5, 5.41) is 3.65. The van der Waals surface area contributed by atoms with Crippen molar-refractivity contribution in [2.45, 2.75) is 6.92 Å². The van der Waals surface area contributed by atoms with Crippen LogP contribution in [-0.2, 0) is 10.2 Å². The van der Waals surface area contributed by atoms with Crippen molar-refractivity contribution in [3.63, 3.8) is 0 Å². The van der Waals surface area contributed by atoms with Gasteiger partial charge in [-0.1, -0.05) is 6.07 Å². The fraction of sp³-hybridized carbons (Fsp3) is 0.160. The Labute approximate surface area is 202 Å². The average molecular weight is 492 g/mol. The molecular formula is C25H22FN5O3S. The molecule has 178 valence electrons. The van der Waals surface area contributed by atoms with E-state index in [0.29, 0.717) is 12.2 Å². The van der Waals surface area contributed by atoms with E-state index in [0.717, 1.165) is 38.1 Å². The van der Waals surface area contributed by atoms with Crippen molar-refractivity contribution in [2.75, 3.05) is 29.8 Å². The van der Waals surface area contributed by atoms with E-state index in [1.54, 1.807) is 24.5 Å². The third kappa shape index (κ3) is 4.22. The first-order valence-electron chi connectivity index (χ1n) is 10.9. The Bertz CT molecular complexity index is 1570. The topological polar surface area (TPSA) is 95.5 Å². The van der Waals surface area contributed by atoms with E-state index in [2.05, 4.69) is 10.3 Å². The Morgan fingerprint density at radius 2 is 1.89 bits per heavy atom. The first-order chi connectivity index (χ1) is 16.7. The number of hydrogen-bond donors (Lipinski definition) is 1. The van der Waals surface area contributed by atoms with E-state index < -0.39 is 21.9 Å². The van der Waals surface area contributed by atoms with Crippen molar-refractivity contribution >= 4 is 38.4 Å². The minimum atomic E-state index is -3.68. The summed E-state index contributed by atoms with van der Waals surface area (Å²) in [6, 6.07) is 14.8. The Kier molecular flexibility index (Phi) is 5.70. The van der Waals surface area contributed by atoms with Gasteiger partial charge in [-0.15, -0.1) is 0 Å². The number of aromatic nitrogens is 2. The molecule has 0 saturated carbocycles. The zero-order chi connectivity index (χ0) is 24.7. The number of carbonyl (C=O) groups excluding carboxylic acids is 1. The second-order valence-corrected chi connectivity index (χ2v) is 10.3. The predicted octanol–water partition coefficient (Wildman–Crippen LogP) is 3.99. The number of halogens is 1. The Balaban J connectivity index is 1.40. The van der Waals surface area contributed by atoms with Crippen LogP contribution in [0.5, 0.6) is 0 Å². The first kappa shape index (κ1) is 22.9. The number of nitrogens with one attached hydrogen (secondary N) is 1. The molecule has 2 aromatic heterocycles. The van der Waals surface area contributed by atoms with Crippen molar-refractivity contribution in [3.8, 4) is 11.3 Å². The van der Waals surface area contributed by atoms with Crippen LogP contribution < -0.4 is 9.62 Å². The van der Waals surface area contributed by atoms with Gasteiger partial charge in [-0.05, 0) is 61.0 Å². The molecule has 0 unspecified atom stereocenters. The molecule has 2 aromatic carbocycles. The summed E-state index contributed by atoms with van der Waals surface area (Å²) in [6.07, 6.45) is 3.42. The summed E-state index contributed by atoms with van der Waals surface area (Å²) in [5.41, 5.74) is 3.83. The number of fused-ring (bicyclic) bond motifs is 1. The van der Waals surface area contributed by atoms with Gasteiger partial charge in [0, 0.05) is 49.2 Å². The fourth-order valence-electron chi connectivity index (χ4n) is 4.03. The molecule has 10 heteroatoms. The van der Waals surface area contributed by atoms with Crippen LogP contribution in [0.15, 0.2) is 67.0 Å². The maximum absolute atomic E-state index is 14.9. The maximum atomic E-state index is 14.9. The highest BCUT2D eigenvalue weighted by Crippen LogP contribution is 2.29. The van der Waals surface area contributed by atoms with Gasteiger partial charge in [-0.3, -0.25) is 14.1 Å². The second kappa shape index (κ2) is 8.71. The van der Waals surface area contributed by atoms with Gasteiger partial charge in [0.05, 0.1) is 22.5 Å². The number of rotatable bonds is 4. The first-order valence-corrected chi connectivity index (χ1v) is 12.3. The van der Waals surface area contributed by atoms with Gasteiger partial charge in [-0.2, -0.15) is 12.7 Å². The van der Waals surface area contributed by atoms with E-state index in [-0.39, 0.29) is 17.8 Å². The highest BCUT2D eigenvalue weighted by molar-refractivity contribution is 7.90. The van der Waals surface area contributed by atoms with Crippen molar-refractivity contribution in [1.29, 1.82) is 0 Å². The highest BCUT2D eigenvalue weighted by Gasteiger charge is 2.34. The van der Waals surface area contributed by atoms with E-state index in [1.165, 1.54) is 23.5 Å². The minimum absolute atomic E-state index is 0.179. The van der Waals surface area contributed by atoms with Gasteiger partial charge in [0.15, 0.2) is 0 Å². The van der Waals surface area contributed by atoms with Gasteiger partial charge in [-0.25, -0.2) is 9.37 Å². The molecule has 35 heavy (non-hydrogen) atoms. The zero-order valence-corrected chi connectivity index (χ0v) is 19.9. The number of hydrogen-bond acceptors (Lipinski definition) is 5. The monoisotopic (exact) mass is 491 g/mol. The Morgan fingerprint density at radius 3 is 2.63 bits per heavy atom. The summed E-state index contributed by atoms with van der Waals surface area (Å²) in [4.78, 5) is 21.6. The SMILES string of the molecule is Cc1ccc(NC(=O)c2ccc(N3CCN(C)S3(=O)=O)cc2F)cc1-c1ccc2cnccc2n1. The van der Waals surface area contributed by atoms with Crippen LogP contribution in [0, 0.1) is 12.7 Å². The molecule has 5 rings (SSSR count). The van der Waals surface area contributed by atoms with Gasteiger partial charge in [0.1, 0.15) is 5.82 Å². The van der Waals surface area contributed by atoms with Crippen LogP contribution in [0.25, 0.3) is 22.2 Å². The lowest BCUT2D eigenvalue weighted by atomic mass is 10.0. The van der Waals surface area contributed by atoms with Crippen LogP contribution in [0.1, 0.15) is 15.9 Å². The molecule has 1 aliphatic rings. The highest BCUT2D eigenvalue weighted by atomic mass is 32.2. The van der Waals surface area contributed by atoms with Gasteiger partial charge >= 0.3 is 10.2 Å². The molecule has 0 atom stereocenters. The van der Waals surface area contributed by atoms with E-state index >= 15 is 0 Å². The van der Waals surface area contributed by atoms with Crippen molar-refractivity contribution < 1.29 is 17.6 Å². The van der Waals surface area contributed by atoms with Crippen LogP contribution in [-0.4, -0.2) is 48.7 Å². The van der Waals surface area contributed by atoms with Crippen molar-refractivity contribution in [2.24, 2.45) is 0 Å². The lowest BCUT2D eigenvalue weighted by Crippen LogP contribution is -2.30. The van der Waals surface area contributed by atoms with Gasteiger partial charge < -0.3 is 5.32 Å². The van der Waals surface area contributed by atoms with Crippen LogP contribution >= 0.6 is 0 Å². The minimum Gasteiger partial charge on any atom is -0.322 e. The Hall–Kier alpha value is -3.89. The number of nitrogens with zero attached hydrogens (tertiary/aromatic N) is 4. The molecule has 1 aliphatic heterocycles. The number of pyridine rings is 2. The summed E-state index contributed by atoms with van der Waals surface area (Å²) in [5.74, 6) is -1.44. The Morgan fingerprint density at radius 1 is 1.06 bits per heavy atom. The number of carbonyl (C=O) groups is 1. The van der Waals surface area contributed by atoms with Crippen molar-refractivity contribution in [3.05, 3.63) is 83.9 Å². The number of anilines is 2. The second-order valence-electron chi connectivity index (χ2n) is 8.31. The molecule has 0 bridgehead atoms.